The predicted molar refractivity (Wildman–Crippen MR) is 103 cm³/mol. The molecule has 1 saturated heterocycles. The molecule has 144 valence electrons. The molecule has 6 heteroatoms. The topological polar surface area (TPSA) is 66.5 Å². The molecule has 1 aliphatic heterocycles. The molecule has 1 heterocycles. The molecule has 26 heavy (non-hydrogen) atoms. The van der Waals surface area contributed by atoms with E-state index in [2.05, 4.69) is 23.5 Å². The van der Waals surface area contributed by atoms with Gasteiger partial charge in [0, 0.05) is 13.1 Å². The molecule has 2 aliphatic rings. The molecule has 0 bridgehead atoms. The van der Waals surface area contributed by atoms with Crippen LogP contribution < -0.4 is 5.32 Å². The lowest BCUT2D eigenvalue weighted by atomic mass is 9.89. The van der Waals surface area contributed by atoms with Crippen LogP contribution in [0.2, 0.25) is 0 Å². The van der Waals surface area contributed by atoms with Crippen LogP contribution in [0.4, 0.5) is 0 Å². The average Bonchev–Trinajstić information content (AvgIpc) is 2.67. The van der Waals surface area contributed by atoms with Crippen molar-refractivity contribution in [2.24, 2.45) is 5.92 Å². The van der Waals surface area contributed by atoms with Crippen molar-refractivity contribution < 1.29 is 13.2 Å². The lowest BCUT2D eigenvalue weighted by Crippen LogP contribution is -2.46. The van der Waals surface area contributed by atoms with Crippen LogP contribution in [0.15, 0.2) is 18.2 Å². The second-order valence-corrected chi connectivity index (χ2v) is 9.82. The zero-order valence-electron chi connectivity index (χ0n) is 15.8. The number of hydrogen-bond donors (Lipinski definition) is 1. The van der Waals surface area contributed by atoms with Crippen LogP contribution in [0.3, 0.4) is 0 Å². The quantitative estimate of drug-likeness (QED) is 0.857. The summed E-state index contributed by atoms with van der Waals surface area (Å²) < 4.78 is 25.7. The monoisotopic (exact) mass is 378 g/mol. The third-order valence-corrected chi connectivity index (χ3v) is 7.59. The normalized spacial score (nSPS) is 22.5. The van der Waals surface area contributed by atoms with Crippen LogP contribution in [0.1, 0.15) is 62.3 Å². The van der Waals surface area contributed by atoms with Crippen molar-refractivity contribution in [2.75, 3.05) is 18.8 Å². The molecule has 5 nitrogen and oxygen atoms in total. The number of amides is 1. The number of piperidine rings is 1. The smallest absolute Gasteiger partial charge is 0.224 e. The molecule has 3 rings (SSSR count). The van der Waals surface area contributed by atoms with Crippen molar-refractivity contribution in [3.8, 4) is 0 Å². The number of carbonyl (C=O) groups is 1. The molecule has 0 unspecified atom stereocenters. The maximum Gasteiger partial charge on any atom is 0.224 e. The number of aryl methyl sites for hydroxylation is 2. The van der Waals surface area contributed by atoms with E-state index in [0.717, 1.165) is 31.2 Å². The minimum atomic E-state index is -3.23. The SMILES string of the molecule is CCS(=O)(=O)N1CCC[C@@H](C(=O)N[C@@H](C)c2ccc3c(c2)CCCC3)C1. The zero-order chi connectivity index (χ0) is 18.7. The van der Waals surface area contributed by atoms with Crippen LogP contribution in [0.25, 0.3) is 0 Å². The summed E-state index contributed by atoms with van der Waals surface area (Å²) in [5.74, 6) is -0.205. The van der Waals surface area contributed by atoms with Crippen molar-refractivity contribution in [1.82, 2.24) is 9.62 Å². The molecule has 1 aromatic carbocycles. The first kappa shape index (κ1) is 19.4. The van der Waals surface area contributed by atoms with E-state index in [1.165, 1.54) is 28.3 Å². The van der Waals surface area contributed by atoms with Crippen LogP contribution in [-0.2, 0) is 27.7 Å². The van der Waals surface area contributed by atoms with Gasteiger partial charge in [0.05, 0.1) is 17.7 Å². The number of fused-ring (bicyclic) bond motifs is 1. The first-order valence-electron chi connectivity index (χ1n) is 9.80. The van der Waals surface area contributed by atoms with Gasteiger partial charge in [-0.2, -0.15) is 0 Å². The number of hydrogen-bond acceptors (Lipinski definition) is 3. The second kappa shape index (κ2) is 8.09. The van der Waals surface area contributed by atoms with Crippen molar-refractivity contribution in [2.45, 2.75) is 58.4 Å². The van der Waals surface area contributed by atoms with E-state index in [-0.39, 0.29) is 23.6 Å². The zero-order valence-corrected chi connectivity index (χ0v) is 16.6. The maximum atomic E-state index is 12.7. The molecule has 1 aliphatic carbocycles. The molecule has 1 amide bonds. The van der Waals surface area contributed by atoms with E-state index < -0.39 is 10.0 Å². The summed E-state index contributed by atoms with van der Waals surface area (Å²) in [4.78, 5) is 12.7. The Bertz CT molecular complexity index is 760. The highest BCUT2D eigenvalue weighted by atomic mass is 32.2. The van der Waals surface area contributed by atoms with Crippen molar-refractivity contribution in [3.63, 3.8) is 0 Å². The minimum Gasteiger partial charge on any atom is -0.349 e. The Morgan fingerprint density at radius 2 is 1.96 bits per heavy atom. The fraction of sp³-hybridized carbons (Fsp3) is 0.650. The molecule has 0 spiro atoms. The van der Waals surface area contributed by atoms with Gasteiger partial charge in [-0.3, -0.25) is 4.79 Å². The van der Waals surface area contributed by atoms with Gasteiger partial charge in [0.1, 0.15) is 0 Å². The molecule has 1 fully saturated rings. The largest absolute Gasteiger partial charge is 0.349 e. The summed E-state index contributed by atoms with van der Waals surface area (Å²) in [6.45, 7) is 4.49. The van der Waals surface area contributed by atoms with Gasteiger partial charge in [0.2, 0.25) is 15.9 Å². The lowest BCUT2D eigenvalue weighted by molar-refractivity contribution is -0.126. The van der Waals surface area contributed by atoms with E-state index >= 15 is 0 Å². The molecule has 0 saturated carbocycles. The molecular weight excluding hydrogens is 348 g/mol. The highest BCUT2D eigenvalue weighted by molar-refractivity contribution is 7.89. The Balaban J connectivity index is 1.64. The fourth-order valence-electron chi connectivity index (χ4n) is 4.03. The summed E-state index contributed by atoms with van der Waals surface area (Å²) in [5.41, 5.74) is 3.98. The Kier molecular flexibility index (Phi) is 6.03. The summed E-state index contributed by atoms with van der Waals surface area (Å²) in [5, 5.41) is 3.10. The molecule has 1 N–H and O–H groups in total. The minimum absolute atomic E-state index is 0.0359. The van der Waals surface area contributed by atoms with Gasteiger partial charge in [0.15, 0.2) is 0 Å². The van der Waals surface area contributed by atoms with Gasteiger partial charge in [-0.05, 0) is 69.1 Å². The average molecular weight is 379 g/mol. The van der Waals surface area contributed by atoms with E-state index in [4.69, 9.17) is 0 Å². The summed E-state index contributed by atoms with van der Waals surface area (Å²) in [6, 6.07) is 6.48. The standard InChI is InChI=1S/C20H30N2O3S/c1-3-26(24,25)22-12-6-9-19(14-22)20(23)21-15(2)17-11-10-16-7-4-5-8-18(16)13-17/h10-11,13,15,19H,3-9,12,14H2,1-2H3,(H,21,23)/t15-,19+/m0/s1. The van der Waals surface area contributed by atoms with E-state index in [9.17, 15) is 13.2 Å². The highest BCUT2D eigenvalue weighted by Crippen LogP contribution is 2.26. The first-order valence-corrected chi connectivity index (χ1v) is 11.4. The third kappa shape index (κ3) is 4.29. The van der Waals surface area contributed by atoms with Gasteiger partial charge in [-0.15, -0.1) is 0 Å². The third-order valence-electron chi connectivity index (χ3n) is 5.74. The molecule has 2 atom stereocenters. The number of nitrogens with one attached hydrogen (secondary N) is 1. The van der Waals surface area contributed by atoms with E-state index in [1.54, 1.807) is 6.92 Å². The van der Waals surface area contributed by atoms with Gasteiger partial charge >= 0.3 is 0 Å². The number of carbonyl (C=O) groups excluding carboxylic acids is 1. The number of benzene rings is 1. The van der Waals surface area contributed by atoms with Gasteiger partial charge < -0.3 is 5.32 Å². The van der Waals surface area contributed by atoms with Crippen molar-refractivity contribution >= 4 is 15.9 Å². The first-order chi connectivity index (χ1) is 12.4. The van der Waals surface area contributed by atoms with E-state index in [1.807, 2.05) is 6.92 Å². The lowest BCUT2D eigenvalue weighted by Gasteiger charge is -2.31. The fourth-order valence-corrected chi connectivity index (χ4v) is 5.21. The Morgan fingerprint density at radius 3 is 2.69 bits per heavy atom. The summed E-state index contributed by atoms with van der Waals surface area (Å²) in [6.07, 6.45) is 6.26. The van der Waals surface area contributed by atoms with Gasteiger partial charge in [0.25, 0.3) is 0 Å². The molecule has 0 radical (unpaired) electrons. The summed E-state index contributed by atoms with van der Waals surface area (Å²) in [7, 11) is -3.23. The second-order valence-electron chi connectivity index (χ2n) is 7.56. The number of sulfonamides is 1. The molecule has 0 aromatic heterocycles. The van der Waals surface area contributed by atoms with Crippen molar-refractivity contribution in [3.05, 3.63) is 34.9 Å². The molecule has 1 aromatic rings. The Hall–Kier alpha value is -1.40. The number of rotatable bonds is 5. The van der Waals surface area contributed by atoms with Crippen molar-refractivity contribution in [1.29, 1.82) is 0 Å². The Labute approximate surface area is 157 Å². The van der Waals surface area contributed by atoms with Crippen LogP contribution in [-0.4, -0.2) is 37.5 Å². The highest BCUT2D eigenvalue weighted by Gasteiger charge is 2.31. The molecular formula is C20H30N2O3S. The number of nitrogens with zero attached hydrogens (tertiary/aromatic N) is 1. The predicted octanol–water partition coefficient (Wildman–Crippen LogP) is 2.80. The maximum absolute atomic E-state index is 12.7. The van der Waals surface area contributed by atoms with Gasteiger partial charge in [-0.1, -0.05) is 18.2 Å². The van der Waals surface area contributed by atoms with Crippen LogP contribution >= 0.6 is 0 Å². The summed E-state index contributed by atoms with van der Waals surface area (Å²) >= 11 is 0. The Morgan fingerprint density at radius 1 is 1.23 bits per heavy atom. The van der Waals surface area contributed by atoms with E-state index in [0.29, 0.717) is 13.1 Å². The van der Waals surface area contributed by atoms with Crippen LogP contribution in [0, 0.1) is 5.92 Å². The van der Waals surface area contributed by atoms with Crippen LogP contribution in [0.5, 0.6) is 0 Å². The van der Waals surface area contributed by atoms with Gasteiger partial charge in [-0.25, -0.2) is 12.7 Å².